The van der Waals surface area contributed by atoms with E-state index in [1.54, 1.807) is 24.3 Å². The van der Waals surface area contributed by atoms with Crippen molar-refractivity contribution >= 4 is 45.8 Å². The van der Waals surface area contributed by atoms with E-state index in [-0.39, 0.29) is 11.7 Å². The third-order valence-electron chi connectivity index (χ3n) is 5.08. The third kappa shape index (κ3) is 3.90. The number of amides is 1. The Labute approximate surface area is 183 Å². The molecule has 1 N–H and O–H groups in total. The van der Waals surface area contributed by atoms with Crippen molar-refractivity contribution in [1.82, 2.24) is 9.38 Å². The van der Waals surface area contributed by atoms with E-state index < -0.39 is 5.25 Å². The van der Waals surface area contributed by atoms with Crippen LogP contribution in [0.4, 0.5) is 5.69 Å². The van der Waals surface area contributed by atoms with Crippen LogP contribution < -0.4 is 5.32 Å². The molecule has 0 aliphatic rings. The number of hydrogen-bond acceptors (Lipinski definition) is 5. The lowest BCUT2D eigenvalue weighted by Crippen LogP contribution is -2.22. The first-order valence-corrected chi connectivity index (χ1v) is 10.7. The number of hydrogen-bond donors (Lipinski definition) is 1. The minimum absolute atomic E-state index is 0.0189. The first-order chi connectivity index (χ1) is 14.9. The van der Waals surface area contributed by atoms with E-state index in [0.29, 0.717) is 22.5 Å². The van der Waals surface area contributed by atoms with Crippen molar-refractivity contribution in [3.63, 3.8) is 0 Å². The van der Waals surface area contributed by atoms with Gasteiger partial charge in [-0.2, -0.15) is 5.26 Å². The average Bonchev–Trinajstić information content (AvgIpc) is 3.13. The molecule has 0 bridgehead atoms. The van der Waals surface area contributed by atoms with E-state index in [0.717, 1.165) is 21.6 Å². The zero-order chi connectivity index (χ0) is 22.1. The van der Waals surface area contributed by atoms with Gasteiger partial charge in [-0.15, -0.1) is 0 Å². The summed E-state index contributed by atoms with van der Waals surface area (Å²) >= 11 is 1.41. The number of nitrogens with zero attached hydrogens (tertiary/aromatic N) is 3. The molecule has 0 saturated carbocycles. The van der Waals surface area contributed by atoms with Crippen LogP contribution in [0.1, 0.15) is 35.3 Å². The van der Waals surface area contributed by atoms with Crippen molar-refractivity contribution < 1.29 is 9.59 Å². The molecule has 7 heteroatoms. The SMILES string of the molecule is CC(=O)c1ccc(NC(=O)C(C)Sc2cc(C)c(C#N)c3nc4ccccc4n23)cc1. The van der Waals surface area contributed by atoms with Gasteiger partial charge in [0.1, 0.15) is 6.07 Å². The maximum atomic E-state index is 12.8. The zero-order valence-electron chi connectivity index (χ0n) is 17.3. The number of rotatable bonds is 5. The van der Waals surface area contributed by atoms with Gasteiger partial charge >= 0.3 is 0 Å². The van der Waals surface area contributed by atoms with Gasteiger partial charge in [-0.1, -0.05) is 23.9 Å². The first kappa shape index (κ1) is 20.6. The summed E-state index contributed by atoms with van der Waals surface area (Å²) in [7, 11) is 0. The van der Waals surface area contributed by atoms with E-state index in [1.807, 2.05) is 48.6 Å². The van der Waals surface area contributed by atoms with E-state index >= 15 is 0 Å². The van der Waals surface area contributed by atoms with Gasteiger partial charge in [-0.3, -0.25) is 14.0 Å². The molecule has 2 aromatic heterocycles. The Bertz CT molecular complexity index is 1370. The number of nitriles is 1. The van der Waals surface area contributed by atoms with Crippen molar-refractivity contribution in [2.24, 2.45) is 0 Å². The highest BCUT2D eigenvalue weighted by atomic mass is 32.2. The fourth-order valence-corrected chi connectivity index (χ4v) is 4.47. The topological polar surface area (TPSA) is 87.3 Å². The van der Waals surface area contributed by atoms with Crippen LogP contribution in [0.5, 0.6) is 0 Å². The molecule has 2 aromatic carbocycles. The molecule has 4 rings (SSSR count). The number of carbonyl (C=O) groups is 2. The Balaban J connectivity index is 1.65. The molecule has 31 heavy (non-hydrogen) atoms. The number of carbonyl (C=O) groups excluding carboxylic acids is 2. The number of pyridine rings is 1. The molecular formula is C24H20N4O2S. The summed E-state index contributed by atoms with van der Waals surface area (Å²) in [5.41, 5.74) is 4.87. The molecule has 1 unspecified atom stereocenters. The summed E-state index contributed by atoms with van der Waals surface area (Å²) in [5, 5.41) is 13.0. The van der Waals surface area contributed by atoms with Crippen LogP contribution in [0.3, 0.4) is 0 Å². The normalized spacial score (nSPS) is 11.9. The number of aryl methyl sites for hydroxylation is 1. The molecule has 4 aromatic rings. The van der Waals surface area contributed by atoms with Gasteiger partial charge < -0.3 is 5.32 Å². The summed E-state index contributed by atoms with van der Waals surface area (Å²) in [6.07, 6.45) is 0. The van der Waals surface area contributed by atoms with E-state index in [9.17, 15) is 14.9 Å². The van der Waals surface area contributed by atoms with Crippen LogP contribution in [0.15, 0.2) is 59.6 Å². The van der Waals surface area contributed by atoms with Crippen LogP contribution in [-0.4, -0.2) is 26.3 Å². The molecular weight excluding hydrogens is 408 g/mol. The minimum atomic E-state index is -0.399. The van der Waals surface area contributed by atoms with Gasteiger partial charge in [-0.25, -0.2) is 4.98 Å². The number of fused-ring (bicyclic) bond motifs is 3. The summed E-state index contributed by atoms with van der Waals surface area (Å²) < 4.78 is 1.94. The lowest BCUT2D eigenvalue weighted by molar-refractivity contribution is -0.115. The standard InChI is InChI=1S/C24H20N4O2S/c1-14-12-22(28-21-7-5-4-6-20(21)27-23(28)19(14)13-25)31-16(3)24(30)26-18-10-8-17(9-11-18)15(2)29/h4-12,16H,1-3H3,(H,26,30). The smallest absolute Gasteiger partial charge is 0.237 e. The van der Waals surface area contributed by atoms with Gasteiger partial charge in [0, 0.05) is 11.3 Å². The second-order valence-corrected chi connectivity index (χ2v) is 8.66. The Kier molecular flexibility index (Phi) is 5.49. The number of anilines is 1. The number of ketones is 1. The number of benzene rings is 2. The molecule has 0 saturated heterocycles. The number of Topliss-reactive ketones (excluding diaryl/α,β-unsaturated/α-hetero) is 1. The molecule has 1 atom stereocenters. The highest BCUT2D eigenvalue weighted by Crippen LogP contribution is 2.31. The summed E-state index contributed by atoms with van der Waals surface area (Å²) in [6.45, 7) is 5.22. The Morgan fingerprint density at radius 2 is 1.87 bits per heavy atom. The summed E-state index contributed by atoms with van der Waals surface area (Å²) in [5.74, 6) is -0.172. The second kappa shape index (κ2) is 8.25. The van der Waals surface area contributed by atoms with Crippen molar-refractivity contribution in [2.75, 3.05) is 5.32 Å². The average molecular weight is 429 g/mol. The number of para-hydroxylation sites is 2. The lowest BCUT2D eigenvalue weighted by atomic mass is 10.1. The van der Waals surface area contributed by atoms with Crippen LogP contribution in [0, 0.1) is 18.3 Å². The third-order valence-corrected chi connectivity index (χ3v) is 6.19. The maximum absolute atomic E-state index is 12.8. The highest BCUT2D eigenvalue weighted by Gasteiger charge is 2.20. The number of nitrogens with one attached hydrogen (secondary N) is 1. The van der Waals surface area contributed by atoms with Crippen LogP contribution in [0.25, 0.3) is 16.7 Å². The largest absolute Gasteiger partial charge is 0.325 e. The van der Waals surface area contributed by atoms with Crippen molar-refractivity contribution in [2.45, 2.75) is 31.0 Å². The fraction of sp³-hybridized carbons (Fsp3) is 0.167. The quantitative estimate of drug-likeness (QED) is 0.357. The predicted octanol–water partition coefficient (Wildman–Crippen LogP) is 4.99. The molecule has 0 fully saturated rings. The molecule has 2 heterocycles. The Hall–Kier alpha value is -3.63. The predicted molar refractivity (Wildman–Crippen MR) is 123 cm³/mol. The number of thioether (sulfide) groups is 1. The maximum Gasteiger partial charge on any atom is 0.237 e. The lowest BCUT2D eigenvalue weighted by Gasteiger charge is -2.15. The summed E-state index contributed by atoms with van der Waals surface area (Å²) in [6, 6.07) is 18.7. The van der Waals surface area contributed by atoms with Crippen LogP contribution in [0.2, 0.25) is 0 Å². The first-order valence-electron chi connectivity index (χ1n) is 9.78. The minimum Gasteiger partial charge on any atom is -0.325 e. The Morgan fingerprint density at radius 1 is 1.16 bits per heavy atom. The van der Waals surface area contributed by atoms with Crippen LogP contribution in [-0.2, 0) is 4.79 Å². The molecule has 0 spiro atoms. The molecule has 0 radical (unpaired) electrons. The fourth-order valence-electron chi connectivity index (χ4n) is 3.41. The highest BCUT2D eigenvalue weighted by molar-refractivity contribution is 8.00. The van der Waals surface area contributed by atoms with Gasteiger partial charge in [0.25, 0.3) is 0 Å². The number of imidazole rings is 1. The van der Waals surface area contributed by atoms with Gasteiger partial charge in [0.2, 0.25) is 5.91 Å². The van der Waals surface area contributed by atoms with Gasteiger partial charge in [0.05, 0.1) is 26.9 Å². The van der Waals surface area contributed by atoms with Crippen molar-refractivity contribution in [3.8, 4) is 6.07 Å². The van der Waals surface area contributed by atoms with E-state index in [2.05, 4.69) is 16.4 Å². The van der Waals surface area contributed by atoms with E-state index in [4.69, 9.17) is 0 Å². The number of aromatic nitrogens is 2. The monoisotopic (exact) mass is 428 g/mol. The summed E-state index contributed by atoms with van der Waals surface area (Å²) in [4.78, 5) is 28.9. The van der Waals surface area contributed by atoms with Crippen molar-refractivity contribution in [3.05, 3.63) is 71.3 Å². The molecule has 154 valence electrons. The zero-order valence-corrected chi connectivity index (χ0v) is 18.2. The molecule has 0 aliphatic carbocycles. The van der Waals surface area contributed by atoms with Crippen LogP contribution >= 0.6 is 11.8 Å². The molecule has 0 aliphatic heterocycles. The van der Waals surface area contributed by atoms with Gasteiger partial charge in [0.15, 0.2) is 11.4 Å². The van der Waals surface area contributed by atoms with Gasteiger partial charge in [-0.05, 0) is 68.8 Å². The molecule has 6 nitrogen and oxygen atoms in total. The molecule has 1 amide bonds. The van der Waals surface area contributed by atoms with Crippen molar-refractivity contribution in [1.29, 1.82) is 5.26 Å². The Morgan fingerprint density at radius 3 is 2.55 bits per heavy atom. The second-order valence-electron chi connectivity index (χ2n) is 7.29. The van der Waals surface area contributed by atoms with E-state index in [1.165, 1.54) is 18.7 Å².